The zero-order valence-corrected chi connectivity index (χ0v) is 23.6. The average molecular weight is 573 g/mol. The summed E-state index contributed by atoms with van der Waals surface area (Å²) in [6.45, 7) is 1.98. The van der Waals surface area contributed by atoms with Gasteiger partial charge in [-0.2, -0.15) is 5.26 Å². The van der Waals surface area contributed by atoms with Gasteiger partial charge in [0.05, 0.1) is 37.6 Å². The molecule has 1 atom stereocenters. The number of carbonyl (C=O) groups excluding carboxylic acids is 2. The summed E-state index contributed by atoms with van der Waals surface area (Å²) in [4.78, 5) is 43.7. The van der Waals surface area contributed by atoms with E-state index in [2.05, 4.69) is 11.1 Å². The third kappa shape index (κ3) is 5.88. The molecule has 0 bridgehead atoms. The predicted molar refractivity (Wildman–Crippen MR) is 153 cm³/mol. The Morgan fingerprint density at radius 3 is 2.63 bits per heavy atom. The van der Waals surface area contributed by atoms with Gasteiger partial charge in [0.2, 0.25) is 0 Å². The van der Waals surface area contributed by atoms with Crippen LogP contribution in [0.15, 0.2) is 59.8 Å². The second-order valence-corrected chi connectivity index (χ2v) is 10.6. The molecule has 3 aromatic heterocycles. The molecule has 3 heterocycles. The number of rotatable bonds is 10. The molecule has 1 unspecified atom stereocenters. The fourth-order valence-corrected chi connectivity index (χ4v) is 5.36. The summed E-state index contributed by atoms with van der Waals surface area (Å²) in [5.74, 6) is 0.0918. The number of Topliss-reactive ketones (excluding diaryl/α,β-unsaturated/α-hetero) is 1. The number of methoxy groups -OCH3 is 1. The highest BCUT2D eigenvalue weighted by Crippen LogP contribution is 2.37. The lowest BCUT2D eigenvalue weighted by molar-refractivity contribution is -0.122. The van der Waals surface area contributed by atoms with Crippen LogP contribution in [0.1, 0.15) is 60.3 Å². The van der Waals surface area contributed by atoms with Crippen LogP contribution in [0.2, 0.25) is 5.02 Å². The minimum absolute atomic E-state index is 0.0869. The maximum Gasteiger partial charge on any atom is 0.358 e. The second kappa shape index (κ2) is 12.0. The van der Waals surface area contributed by atoms with Crippen molar-refractivity contribution in [3.05, 3.63) is 87.2 Å². The number of nitriles is 1. The second-order valence-electron chi connectivity index (χ2n) is 10.1. The first-order valence-corrected chi connectivity index (χ1v) is 13.9. The topological polar surface area (TPSA) is 116 Å². The van der Waals surface area contributed by atoms with Crippen molar-refractivity contribution in [1.82, 2.24) is 14.0 Å². The van der Waals surface area contributed by atoms with Gasteiger partial charge in [-0.3, -0.25) is 9.59 Å². The monoisotopic (exact) mass is 572 g/mol. The van der Waals surface area contributed by atoms with Crippen molar-refractivity contribution in [1.29, 1.82) is 5.26 Å². The molecule has 10 heteroatoms. The van der Waals surface area contributed by atoms with Crippen LogP contribution in [0.5, 0.6) is 5.75 Å². The van der Waals surface area contributed by atoms with E-state index in [1.54, 1.807) is 60.2 Å². The third-order valence-corrected chi connectivity index (χ3v) is 7.76. The van der Waals surface area contributed by atoms with Crippen LogP contribution >= 0.6 is 11.6 Å². The summed E-state index contributed by atoms with van der Waals surface area (Å²) in [6.07, 6.45) is 8.66. The van der Waals surface area contributed by atoms with Crippen molar-refractivity contribution in [3.8, 4) is 22.9 Å². The Kier molecular flexibility index (Phi) is 8.22. The molecule has 0 N–H and O–H groups in total. The van der Waals surface area contributed by atoms with E-state index in [1.807, 2.05) is 0 Å². The number of aromatic nitrogens is 3. The van der Waals surface area contributed by atoms with E-state index in [9.17, 15) is 19.6 Å². The van der Waals surface area contributed by atoms with E-state index in [0.29, 0.717) is 45.4 Å². The Morgan fingerprint density at radius 1 is 1.15 bits per heavy atom. The Bertz CT molecular complexity index is 1730. The van der Waals surface area contributed by atoms with Crippen molar-refractivity contribution < 1.29 is 19.1 Å². The minimum Gasteiger partial charge on any atom is -0.495 e. The molecule has 0 aliphatic heterocycles. The molecule has 0 saturated heterocycles. The van der Waals surface area contributed by atoms with Gasteiger partial charge < -0.3 is 18.4 Å². The van der Waals surface area contributed by atoms with Crippen LogP contribution in [-0.2, 0) is 16.0 Å². The van der Waals surface area contributed by atoms with Crippen molar-refractivity contribution in [3.63, 3.8) is 0 Å². The van der Waals surface area contributed by atoms with Crippen LogP contribution in [0, 0.1) is 17.2 Å². The maximum absolute atomic E-state index is 13.8. The largest absolute Gasteiger partial charge is 0.495 e. The van der Waals surface area contributed by atoms with Gasteiger partial charge >= 0.3 is 5.97 Å². The number of carbonyl (C=O) groups is 2. The van der Waals surface area contributed by atoms with Crippen molar-refractivity contribution in [2.75, 3.05) is 13.7 Å². The molecule has 1 aliphatic carbocycles. The lowest BCUT2D eigenvalue weighted by Gasteiger charge is -2.30. The summed E-state index contributed by atoms with van der Waals surface area (Å²) in [5, 5.41) is 10.0. The van der Waals surface area contributed by atoms with Gasteiger partial charge in [0.15, 0.2) is 11.5 Å². The first-order valence-electron chi connectivity index (χ1n) is 13.5. The number of hydrogen-bond donors (Lipinski definition) is 0. The fourth-order valence-electron chi connectivity index (χ4n) is 5.19. The molecule has 1 fully saturated rings. The molecule has 210 valence electrons. The van der Waals surface area contributed by atoms with Gasteiger partial charge in [0.1, 0.15) is 11.4 Å². The number of imidazole rings is 1. The number of hydrogen-bond acceptors (Lipinski definition) is 7. The molecule has 5 rings (SSSR count). The SMILES string of the molecule is CCOC(=O)c1cn2cc(CC(=O)C(CC3CCC3)n3cc(OC)c(-c4cc(Cl)ccc4C#N)cc3=O)ccc2n1. The van der Waals surface area contributed by atoms with Gasteiger partial charge in [-0.05, 0) is 49.1 Å². The quantitative estimate of drug-likeness (QED) is 0.233. The smallest absolute Gasteiger partial charge is 0.358 e. The zero-order chi connectivity index (χ0) is 29.1. The predicted octanol–water partition coefficient (Wildman–Crippen LogP) is 5.42. The van der Waals surface area contributed by atoms with E-state index in [4.69, 9.17) is 21.1 Å². The summed E-state index contributed by atoms with van der Waals surface area (Å²) in [6, 6.07) is 11.2. The van der Waals surface area contributed by atoms with E-state index >= 15 is 0 Å². The standard InChI is InChI=1S/C31H29ClN4O5/c1-3-41-31(39)25-17-35-16-20(7-10-29(35)34-25)12-27(37)26(11-19-5-4-6-19)36-18-28(40-2)24(14-30(36)38)23-13-22(32)9-8-21(23)15-33/h7-10,13-14,16-19,26H,3-6,11-12H2,1-2H3. The molecular weight excluding hydrogens is 544 g/mol. The molecule has 1 aromatic carbocycles. The first-order chi connectivity index (χ1) is 19.8. The molecule has 0 spiro atoms. The summed E-state index contributed by atoms with van der Waals surface area (Å²) >= 11 is 6.20. The summed E-state index contributed by atoms with van der Waals surface area (Å²) in [5.41, 5.74) is 2.38. The maximum atomic E-state index is 13.8. The lowest BCUT2D eigenvalue weighted by Crippen LogP contribution is -2.33. The molecule has 1 saturated carbocycles. The Labute approximate surface area is 241 Å². The van der Waals surface area contributed by atoms with Gasteiger partial charge in [-0.1, -0.05) is 36.9 Å². The van der Waals surface area contributed by atoms with Crippen LogP contribution in [-0.4, -0.2) is 39.4 Å². The first kappa shape index (κ1) is 28.1. The Balaban J connectivity index is 1.49. The number of pyridine rings is 2. The van der Waals surface area contributed by atoms with E-state index in [-0.39, 0.29) is 30.1 Å². The van der Waals surface area contributed by atoms with Gasteiger partial charge in [0, 0.05) is 41.0 Å². The van der Waals surface area contributed by atoms with Crippen LogP contribution in [0.4, 0.5) is 0 Å². The van der Waals surface area contributed by atoms with Gasteiger partial charge in [-0.15, -0.1) is 0 Å². The fraction of sp³-hybridized carbons (Fsp3) is 0.323. The van der Waals surface area contributed by atoms with Crippen molar-refractivity contribution in [2.24, 2.45) is 5.92 Å². The highest BCUT2D eigenvalue weighted by molar-refractivity contribution is 6.31. The Morgan fingerprint density at radius 2 is 1.95 bits per heavy atom. The number of esters is 1. The molecule has 9 nitrogen and oxygen atoms in total. The van der Waals surface area contributed by atoms with Crippen LogP contribution in [0.25, 0.3) is 16.8 Å². The van der Waals surface area contributed by atoms with Crippen molar-refractivity contribution >= 4 is 29.0 Å². The number of benzene rings is 1. The summed E-state index contributed by atoms with van der Waals surface area (Å²) in [7, 11) is 1.48. The minimum atomic E-state index is -0.695. The van der Waals surface area contributed by atoms with Gasteiger partial charge in [0.25, 0.3) is 5.56 Å². The summed E-state index contributed by atoms with van der Waals surface area (Å²) < 4.78 is 13.8. The Hall–Kier alpha value is -4.42. The normalized spacial score (nSPS) is 13.8. The highest BCUT2D eigenvalue weighted by atomic mass is 35.5. The molecule has 41 heavy (non-hydrogen) atoms. The van der Waals surface area contributed by atoms with Gasteiger partial charge in [-0.25, -0.2) is 9.78 Å². The number of fused-ring (bicyclic) bond motifs is 1. The molecular formula is C31H29ClN4O5. The average Bonchev–Trinajstić information content (AvgIpc) is 3.36. The number of ether oxygens (including phenoxy) is 2. The molecule has 4 aromatic rings. The number of halogens is 1. The van der Waals surface area contributed by atoms with E-state index in [1.165, 1.54) is 17.7 Å². The zero-order valence-electron chi connectivity index (χ0n) is 22.8. The lowest BCUT2D eigenvalue weighted by atomic mass is 9.79. The molecule has 0 amide bonds. The highest BCUT2D eigenvalue weighted by Gasteiger charge is 2.29. The molecule has 1 aliphatic rings. The molecule has 0 radical (unpaired) electrons. The van der Waals surface area contributed by atoms with Crippen molar-refractivity contribution in [2.45, 2.75) is 45.1 Å². The number of nitrogens with zero attached hydrogens (tertiary/aromatic N) is 4. The number of ketones is 1. The van der Waals surface area contributed by atoms with Crippen LogP contribution in [0.3, 0.4) is 0 Å². The van der Waals surface area contributed by atoms with E-state index < -0.39 is 12.0 Å². The van der Waals surface area contributed by atoms with Crippen LogP contribution < -0.4 is 10.3 Å². The van der Waals surface area contributed by atoms with E-state index in [0.717, 1.165) is 24.8 Å². The third-order valence-electron chi connectivity index (χ3n) is 7.52.